The highest BCUT2D eigenvalue weighted by atomic mass is 32.2. The van der Waals surface area contributed by atoms with E-state index >= 15 is 0 Å². The van der Waals surface area contributed by atoms with Crippen molar-refractivity contribution in [1.29, 1.82) is 0 Å². The molecule has 0 atom stereocenters. The summed E-state index contributed by atoms with van der Waals surface area (Å²) in [5, 5.41) is 1.49. The van der Waals surface area contributed by atoms with Crippen LogP contribution >= 0.6 is 11.8 Å². The van der Waals surface area contributed by atoms with E-state index in [-0.39, 0.29) is 11.7 Å². The van der Waals surface area contributed by atoms with Gasteiger partial charge in [0.2, 0.25) is 0 Å². The second-order valence-corrected chi connectivity index (χ2v) is 2.61. The van der Waals surface area contributed by atoms with Gasteiger partial charge in [-0.3, -0.25) is 4.79 Å². The average Bonchev–Trinajstić information content (AvgIpc) is 2.11. The Kier molecular flexibility index (Phi) is 6.18. The van der Waals surface area contributed by atoms with Crippen molar-refractivity contribution in [2.75, 3.05) is 20.0 Å². The van der Waals surface area contributed by atoms with Gasteiger partial charge in [-0.15, -0.1) is 11.8 Å². The molecule has 0 aliphatic heterocycles. The summed E-state index contributed by atoms with van der Waals surface area (Å²) in [5.74, 6) is -0.564. The second kappa shape index (κ2) is 6.72. The molecule has 0 heterocycles. The van der Waals surface area contributed by atoms with Crippen LogP contribution in [0.3, 0.4) is 0 Å². The van der Waals surface area contributed by atoms with Crippen LogP contribution in [-0.4, -0.2) is 31.9 Å². The lowest BCUT2D eigenvalue weighted by Crippen LogP contribution is -2.02. The summed E-state index contributed by atoms with van der Waals surface area (Å²) >= 11 is 1.17. The zero-order valence-corrected chi connectivity index (χ0v) is 7.72. The first kappa shape index (κ1) is 11.0. The third-order valence-electron chi connectivity index (χ3n) is 0.930. The molecule has 0 unspecified atom stereocenters. The minimum absolute atomic E-state index is 0.198. The first-order valence-electron chi connectivity index (χ1n) is 3.13. The Morgan fingerprint density at radius 3 is 2.50 bits per heavy atom. The molecule has 4 nitrogen and oxygen atoms in total. The highest BCUT2D eigenvalue weighted by Gasteiger charge is 1.97. The van der Waals surface area contributed by atoms with Crippen molar-refractivity contribution in [2.45, 2.75) is 0 Å². The summed E-state index contributed by atoms with van der Waals surface area (Å²) in [6, 6.07) is 0. The molecule has 0 spiro atoms. The van der Waals surface area contributed by atoms with Crippen molar-refractivity contribution in [3.05, 3.63) is 11.5 Å². The van der Waals surface area contributed by atoms with E-state index in [0.717, 1.165) is 0 Å². The molecule has 0 aliphatic rings. The SMILES string of the molecule is COC(=O)/C=C\SCC(=O)OC. The van der Waals surface area contributed by atoms with E-state index in [0.29, 0.717) is 0 Å². The van der Waals surface area contributed by atoms with Gasteiger partial charge in [0.05, 0.1) is 20.0 Å². The van der Waals surface area contributed by atoms with E-state index in [1.165, 1.54) is 37.5 Å². The predicted molar refractivity (Wildman–Crippen MR) is 45.6 cm³/mol. The van der Waals surface area contributed by atoms with Crippen LogP contribution in [0, 0.1) is 0 Å². The van der Waals surface area contributed by atoms with Gasteiger partial charge in [-0.25, -0.2) is 4.79 Å². The average molecular weight is 190 g/mol. The van der Waals surface area contributed by atoms with Gasteiger partial charge in [-0.1, -0.05) is 0 Å². The maximum absolute atomic E-state index is 10.5. The molecule has 0 radical (unpaired) electrons. The molecule has 0 saturated carbocycles. The van der Waals surface area contributed by atoms with Crippen molar-refractivity contribution in [3.63, 3.8) is 0 Å². The summed E-state index contributed by atoms with van der Waals surface area (Å²) in [4.78, 5) is 21.0. The minimum atomic E-state index is -0.438. The molecule has 0 rings (SSSR count). The summed E-state index contributed by atoms with van der Waals surface area (Å²) in [6.07, 6.45) is 1.24. The zero-order chi connectivity index (χ0) is 9.40. The fourth-order valence-electron chi connectivity index (χ4n) is 0.347. The van der Waals surface area contributed by atoms with Crippen molar-refractivity contribution < 1.29 is 19.1 Å². The van der Waals surface area contributed by atoms with Gasteiger partial charge >= 0.3 is 11.9 Å². The standard InChI is InChI=1S/C7H10O4S/c1-10-6(8)3-4-12-5-7(9)11-2/h3-4H,5H2,1-2H3/b4-3-. The summed E-state index contributed by atoms with van der Waals surface area (Å²) in [5.41, 5.74) is 0. The molecule has 0 amide bonds. The van der Waals surface area contributed by atoms with Gasteiger partial charge in [0.25, 0.3) is 0 Å². The first-order valence-corrected chi connectivity index (χ1v) is 4.18. The number of hydrogen-bond donors (Lipinski definition) is 0. The van der Waals surface area contributed by atoms with Gasteiger partial charge in [0, 0.05) is 6.08 Å². The fraction of sp³-hybridized carbons (Fsp3) is 0.429. The Morgan fingerprint density at radius 2 is 2.00 bits per heavy atom. The normalized spacial score (nSPS) is 9.83. The monoisotopic (exact) mass is 190 g/mol. The molecule has 12 heavy (non-hydrogen) atoms. The summed E-state index contributed by atoms with van der Waals surface area (Å²) in [6.45, 7) is 0. The maximum atomic E-state index is 10.5. The largest absolute Gasteiger partial charge is 0.468 e. The molecular weight excluding hydrogens is 180 g/mol. The van der Waals surface area contributed by atoms with Gasteiger partial charge in [-0.2, -0.15) is 0 Å². The molecule has 0 saturated heterocycles. The van der Waals surface area contributed by atoms with Crippen LogP contribution in [0.1, 0.15) is 0 Å². The van der Waals surface area contributed by atoms with Crippen LogP contribution in [0.2, 0.25) is 0 Å². The van der Waals surface area contributed by atoms with Crippen LogP contribution in [-0.2, 0) is 19.1 Å². The molecule has 0 aliphatic carbocycles. The van der Waals surface area contributed by atoms with E-state index in [4.69, 9.17) is 0 Å². The number of thioether (sulfide) groups is 1. The second-order valence-electron chi connectivity index (χ2n) is 1.71. The lowest BCUT2D eigenvalue weighted by atomic mass is 10.7. The Labute approximate surface area is 74.9 Å². The Hall–Kier alpha value is -0.970. The zero-order valence-electron chi connectivity index (χ0n) is 6.90. The minimum Gasteiger partial charge on any atom is -0.468 e. The number of esters is 2. The summed E-state index contributed by atoms with van der Waals surface area (Å²) < 4.78 is 8.70. The number of hydrogen-bond acceptors (Lipinski definition) is 5. The van der Waals surface area contributed by atoms with E-state index in [1.807, 2.05) is 0 Å². The highest BCUT2D eigenvalue weighted by Crippen LogP contribution is 2.01. The van der Waals surface area contributed by atoms with E-state index in [9.17, 15) is 9.59 Å². The highest BCUT2D eigenvalue weighted by molar-refractivity contribution is 8.02. The molecule has 0 fully saturated rings. The van der Waals surface area contributed by atoms with E-state index in [2.05, 4.69) is 9.47 Å². The first-order chi connectivity index (χ1) is 5.70. The third kappa shape index (κ3) is 5.79. The molecule has 0 N–H and O–H groups in total. The number of carbonyl (C=O) groups is 2. The lowest BCUT2D eigenvalue weighted by Gasteiger charge is -1.93. The lowest BCUT2D eigenvalue weighted by molar-refractivity contribution is -0.137. The molecule has 0 bridgehead atoms. The number of rotatable bonds is 4. The quantitative estimate of drug-likeness (QED) is 0.479. The number of methoxy groups -OCH3 is 2. The van der Waals surface area contributed by atoms with E-state index < -0.39 is 5.97 Å². The van der Waals surface area contributed by atoms with Crippen LogP contribution in [0.15, 0.2) is 11.5 Å². The molecular formula is C7H10O4S. The Bertz CT molecular complexity index is 188. The van der Waals surface area contributed by atoms with Crippen LogP contribution in [0.4, 0.5) is 0 Å². The van der Waals surface area contributed by atoms with Crippen LogP contribution in [0.5, 0.6) is 0 Å². The molecule has 0 aromatic rings. The fourth-order valence-corrected chi connectivity index (χ4v) is 0.904. The molecule has 68 valence electrons. The van der Waals surface area contributed by atoms with Crippen molar-refractivity contribution in [2.24, 2.45) is 0 Å². The third-order valence-corrected chi connectivity index (χ3v) is 1.66. The van der Waals surface area contributed by atoms with Gasteiger partial charge in [-0.05, 0) is 5.41 Å². The van der Waals surface area contributed by atoms with Crippen LogP contribution in [0.25, 0.3) is 0 Å². The van der Waals surface area contributed by atoms with Crippen molar-refractivity contribution in [3.8, 4) is 0 Å². The van der Waals surface area contributed by atoms with Gasteiger partial charge in [0.1, 0.15) is 0 Å². The smallest absolute Gasteiger partial charge is 0.330 e. The Morgan fingerprint density at radius 1 is 1.33 bits per heavy atom. The maximum Gasteiger partial charge on any atom is 0.330 e. The van der Waals surface area contributed by atoms with Crippen molar-refractivity contribution in [1.82, 2.24) is 0 Å². The Balaban J connectivity index is 3.48. The van der Waals surface area contributed by atoms with Crippen molar-refractivity contribution >= 4 is 23.7 Å². The topological polar surface area (TPSA) is 52.6 Å². The predicted octanol–water partition coefficient (Wildman–Crippen LogP) is 0.579. The summed E-state index contributed by atoms with van der Waals surface area (Å²) in [7, 11) is 2.60. The van der Waals surface area contributed by atoms with Gasteiger partial charge < -0.3 is 9.47 Å². The number of carbonyl (C=O) groups excluding carboxylic acids is 2. The molecule has 5 heteroatoms. The molecule has 0 aromatic heterocycles. The molecule has 0 aromatic carbocycles. The number of ether oxygens (including phenoxy) is 2. The van der Waals surface area contributed by atoms with Gasteiger partial charge in [0.15, 0.2) is 0 Å². The van der Waals surface area contributed by atoms with E-state index in [1.54, 1.807) is 0 Å². The van der Waals surface area contributed by atoms with Crippen LogP contribution < -0.4 is 0 Å².